The number of aliphatic hydroxyl groups is 4. The predicted molar refractivity (Wildman–Crippen MR) is 210 cm³/mol. The Hall–Kier alpha value is -2.70. The molecule has 3 saturated carbocycles. The first-order valence-electron chi connectivity index (χ1n) is 20.1. The van der Waals surface area contributed by atoms with Gasteiger partial charge in [-0.2, -0.15) is 12.6 Å². The maximum Gasteiger partial charge on any atom is 0.323 e. The molecule has 4 fully saturated rings. The lowest BCUT2D eigenvalue weighted by molar-refractivity contribution is -0.208. The summed E-state index contributed by atoms with van der Waals surface area (Å²) in [5.41, 5.74) is -0.150. The van der Waals surface area contributed by atoms with Crippen molar-refractivity contribution in [2.75, 3.05) is 26.1 Å². The molecule has 0 radical (unpaired) electrons. The average molecular weight is 809 g/mol. The highest BCUT2D eigenvalue weighted by atomic mass is 32.1. The molecule has 56 heavy (non-hydrogen) atoms. The normalized spacial score (nSPS) is 34.6. The van der Waals surface area contributed by atoms with Gasteiger partial charge in [0.25, 0.3) is 5.91 Å². The van der Waals surface area contributed by atoms with E-state index in [1.165, 1.54) is 32.4 Å². The number of carbonyl (C=O) groups is 3. The molecule has 1 saturated heterocycles. The number of fused-ring (bicyclic) bond motifs is 1. The van der Waals surface area contributed by atoms with E-state index in [-0.39, 0.29) is 42.4 Å². The highest BCUT2D eigenvalue weighted by Crippen LogP contribution is 2.72. The van der Waals surface area contributed by atoms with E-state index in [1.807, 2.05) is 6.92 Å². The number of ether oxygens (including phenoxy) is 4. The van der Waals surface area contributed by atoms with E-state index in [1.54, 1.807) is 6.92 Å². The van der Waals surface area contributed by atoms with E-state index in [0.717, 1.165) is 19.3 Å². The molecule has 14 atom stereocenters. The Labute approximate surface area is 335 Å². The van der Waals surface area contributed by atoms with Crippen LogP contribution in [0.5, 0.6) is 0 Å². The molecular formula is C40H64N4O11S. The van der Waals surface area contributed by atoms with Crippen molar-refractivity contribution in [2.24, 2.45) is 29.1 Å². The molecule has 3 aliphatic carbocycles. The van der Waals surface area contributed by atoms with Crippen LogP contribution < -0.4 is 21.3 Å². The minimum absolute atomic E-state index is 0.0138. The first-order chi connectivity index (χ1) is 26.7. The maximum absolute atomic E-state index is 13.9. The molecule has 3 amide bonds. The van der Waals surface area contributed by atoms with Gasteiger partial charge in [0.15, 0.2) is 0 Å². The summed E-state index contributed by atoms with van der Waals surface area (Å²) in [6.07, 6.45) is 2.70. The zero-order valence-electron chi connectivity index (χ0n) is 33.2. The van der Waals surface area contributed by atoms with Gasteiger partial charge < -0.3 is 60.6 Å². The Morgan fingerprint density at radius 3 is 2.43 bits per heavy atom. The zero-order valence-corrected chi connectivity index (χ0v) is 34.0. The summed E-state index contributed by atoms with van der Waals surface area (Å²) in [6, 6.07) is -1.81. The van der Waals surface area contributed by atoms with Crippen LogP contribution >= 0.6 is 12.6 Å². The highest BCUT2D eigenvalue weighted by Gasteiger charge is 2.77. The summed E-state index contributed by atoms with van der Waals surface area (Å²) in [5, 5.41) is 53.3. The average Bonchev–Trinajstić information content (AvgIpc) is 3.87. The monoisotopic (exact) mass is 808 g/mol. The van der Waals surface area contributed by atoms with E-state index >= 15 is 0 Å². The van der Waals surface area contributed by atoms with Crippen LogP contribution in [0.3, 0.4) is 0 Å². The number of carbonyl (C=O) groups excluding carboxylic acids is 3. The van der Waals surface area contributed by atoms with E-state index in [0.29, 0.717) is 30.2 Å². The van der Waals surface area contributed by atoms with Crippen LogP contribution in [0.15, 0.2) is 36.3 Å². The molecule has 15 nitrogen and oxygen atoms in total. The molecule has 2 aliphatic heterocycles. The van der Waals surface area contributed by atoms with Gasteiger partial charge in [0, 0.05) is 35.0 Å². The molecule has 0 aromatic rings. The molecule has 0 aromatic carbocycles. The third kappa shape index (κ3) is 9.76. The van der Waals surface area contributed by atoms with Gasteiger partial charge in [-0.1, -0.05) is 45.3 Å². The fourth-order valence-corrected chi connectivity index (χ4v) is 10.4. The van der Waals surface area contributed by atoms with Crippen LogP contribution in [0.2, 0.25) is 0 Å². The standard InChI is InChI=1S/C40H64N4O11S/c1-20-12-30(44-39(51)42-20)37(49)43-29-15-26(38(50)52-6)14-28-33(29)40(28,24(5)54-23(4)35(48)31(47)18-46)36-34(41-21(2)19-56)32(16-27(17-45)55-36)53-22(3)13-25-10-8-7-9-11-25/h12,22-29,31-36,41,45-48,56H,1-2,7-11,13-19H2,3-6H3,(H,43,49)(H2,42,44,51). The Morgan fingerprint density at radius 1 is 1.09 bits per heavy atom. The number of allylic oxidation sites excluding steroid dienone is 1. The van der Waals surface area contributed by atoms with Crippen molar-refractivity contribution in [3.63, 3.8) is 0 Å². The minimum atomic E-state index is -1.46. The van der Waals surface area contributed by atoms with E-state index in [4.69, 9.17) is 18.9 Å². The van der Waals surface area contributed by atoms with Gasteiger partial charge in [0.2, 0.25) is 0 Å². The van der Waals surface area contributed by atoms with Gasteiger partial charge >= 0.3 is 12.0 Å². The molecule has 316 valence electrons. The van der Waals surface area contributed by atoms with Crippen LogP contribution in [0.1, 0.15) is 78.6 Å². The lowest BCUT2D eigenvalue weighted by Gasteiger charge is -2.49. The second-order valence-electron chi connectivity index (χ2n) is 16.5. The Kier molecular flexibility index (Phi) is 15.4. The van der Waals surface area contributed by atoms with Gasteiger partial charge in [-0.15, -0.1) is 0 Å². The highest BCUT2D eigenvalue weighted by molar-refractivity contribution is 7.80. The van der Waals surface area contributed by atoms with Crippen LogP contribution in [-0.4, -0.2) is 125 Å². The van der Waals surface area contributed by atoms with Crippen molar-refractivity contribution in [1.29, 1.82) is 0 Å². The fourth-order valence-electron chi connectivity index (χ4n) is 10.3. The van der Waals surface area contributed by atoms with Gasteiger partial charge in [0.1, 0.15) is 17.9 Å². The van der Waals surface area contributed by atoms with Crippen molar-refractivity contribution in [1.82, 2.24) is 21.3 Å². The number of thiol groups is 1. The van der Waals surface area contributed by atoms with Crippen molar-refractivity contribution in [3.8, 4) is 0 Å². The SMILES string of the molecule is C=C1C=C(C(=O)NC2CC(C(=O)OC)CC3C2C3(C(C)OC(C)C(O)C(O)CO)C2OC(CO)CC(OC(C)CC3CCCCC3)C2NC(=C)CS)NC(=O)N1. The molecular weight excluding hydrogens is 745 g/mol. The van der Waals surface area contributed by atoms with Crippen molar-refractivity contribution in [2.45, 2.75) is 139 Å². The summed E-state index contributed by atoms with van der Waals surface area (Å²) < 4.78 is 25.7. The number of hydrogen-bond donors (Lipinski definition) is 9. The molecule has 16 heteroatoms. The predicted octanol–water partition coefficient (Wildman–Crippen LogP) is 1.80. The number of amides is 3. The number of esters is 1. The summed E-state index contributed by atoms with van der Waals surface area (Å²) in [6.45, 7) is 12.5. The summed E-state index contributed by atoms with van der Waals surface area (Å²) in [7, 11) is 1.32. The van der Waals surface area contributed by atoms with Crippen LogP contribution in [-0.2, 0) is 28.5 Å². The van der Waals surface area contributed by atoms with Crippen molar-refractivity contribution >= 4 is 30.5 Å². The summed E-state index contributed by atoms with van der Waals surface area (Å²) in [5.74, 6) is -1.47. The van der Waals surface area contributed by atoms with Crippen molar-refractivity contribution < 1.29 is 53.8 Å². The second kappa shape index (κ2) is 19.4. The molecule has 0 aromatic heterocycles. The van der Waals surface area contributed by atoms with Crippen molar-refractivity contribution in [3.05, 3.63) is 36.3 Å². The number of nitrogens with one attached hydrogen (secondary N) is 4. The first kappa shape index (κ1) is 44.4. The Morgan fingerprint density at radius 2 is 1.80 bits per heavy atom. The number of urea groups is 1. The third-order valence-corrected chi connectivity index (χ3v) is 13.2. The molecule has 2 heterocycles. The quantitative estimate of drug-likeness (QED) is 0.0716. The number of hydrogen-bond acceptors (Lipinski definition) is 13. The minimum Gasteiger partial charge on any atom is -0.469 e. The largest absolute Gasteiger partial charge is 0.469 e. The van der Waals surface area contributed by atoms with Crippen LogP contribution in [0.25, 0.3) is 0 Å². The Bertz CT molecular complexity index is 1460. The summed E-state index contributed by atoms with van der Waals surface area (Å²) >= 11 is 4.51. The van der Waals surface area contributed by atoms with Gasteiger partial charge in [-0.05, 0) is 63.9 Å². The Balaban J connectivity index is 1.58. The van der Waals surface area contributed by atoms with Crippen LogP contribution in [0.4, 0.5) is 4.79 Å². The first-order valence-corrected chi connectivity index (χ1v) is 20.8. The maximum atomic E-state index is 13.9. The van der Waals surface area contributed by atoms with Gasteiger partial charge in [0.05, 0.1) is 68.9 Å². The molecule has 0 spiro atoms. The third-order valence-electron chi connectivity index (χ3n) is 12.8. The second-order valence-corrected chi connectivity index (χ2v) is 16.9. The zero-order chi connectivity index (χ0) is 40.9. The molecule has 14 unspecified atom stereocenters. The smallest absolute Gasteiger partial charge is 0.323 e. The number of methoxy groups -OCH3 is 1. The number of aliphatic hydroxyl groups excluding tert-OH is 4. The lowest BCUT2D eigenvalue weighted by atomic mass is 9.78. The molecule has 8 N–H and O–H groups in total. The van der Waals surface area contributed by atoms with E-state index in [9.17, 15) is 34.8 Å². The van der Waals surface area contributed by atoms with E-state index in [2.05, 4.69) is 54.0 Å². The number of rotatable bonds is 18. The fraction of sp³-hybridized carbons (Fsp3) is 0.775. The summed E-state index contributed by atoms with van der Waals surface area (Å²) in [4.78, 5) is 39.5. The van der Waals surface area contributed by atoms with Gasteiger partial charge in [-0.3, -0.25) is 9.59 Å². The lowest BCUT2D eigenvalue weighted by Crippen LogP contribution is -2.63. The van der Waals surface area contributed by atoms with Gasteiger partial charge in [-0.25, -0.2) is 4.79 Å². The molecule has 5 rings (SSSR count). The van der Waals surface area contributed by atoms with E-state index < -0.39 is 90.7 Å². The topological polar surface area (TPSA) is 217 Å². The molecule has 0 bridgehead atoms. The van der Waals surface area contributed by atoms with Crippen LogP contribution in [0, 0.1) is 29.1 Å². The molecule has 5 aliphatic rings.